The summed E-state index contributed by atoms with van der Waals surface area (Å²) in [5.41, 5.74) is 1.37. The van der Waals surface area contributed by atoms with Gasteiger partial charge in [0, 0.05) is 6.26 Å². The minimum atomic E-state index is -4.71. The maximum Gasteiger partial charge on any atom is 0.397 e. The number of ether oxygens (including phenoxy) is 6. The van der Waals surface area contributed by atoms with Gasteiger partial charge in [-0.2, -0.15) is 8.42 Å². The van der Waals surface area contributed by atoms with Crippen molar-refractivity contribution in [2.75, 3.05) is 41.3 Å². The Morgan fingerprint density at radius 3 is 1.74 bits per heavy atom. The Morgan fingerprint density at radius 1 is 0.842 bits per heavy atom. The molecule has 3 atom stereocenters. The molecule has 1 N–H and O–H groups in total. The van der Waals surface area contributed by atoms with Crippen LogP contribution < -0.4 is 23.7 Å². The van der Waals surface area contributed by atoms with Crippen molar-refractivity contribution in [2.24, 2.45) is 0 Å². The van der Waals surface area contributed by atoms with Gasteiger partial charge < -0.3 is 28.4 Å². The zero-order chi connectivity index (χ0) is 28.3. The molecule has 0 saturated carbocycles. The van der Waals surface area contributed by atoms with E-state index in [9.17, 15) is 16.8 Å². The molecule has 0 amide bonds. The Kier molecular flexibility index (Phi) is 9.36. The molecular weight excluding hydrogens is 544 g/mol. The van der Waals surface area contributed by atoms with Gasteiger partial charge in [0.25, 0.3) is 0 Å². The summed E-state index contributed by atoms with van der Waals surface area (Å²) in [6.07, 6.45) is 0.375. The summed E-state index contributed by atoms with van der Waals surface area (Å²) in [6, 6.07) is 6.68. The first-order valence-electron chi connectivity index (χ1n) is 11.5. The molecule has 1 fully saturated rings. The first-order valence-corrected chi connectivity index (χ1v) is 14.7. The van der Waals surface area contributed by atoms with Gasteiger partial charge in [-0.25, -0.2) is 12.6 Å². The molecule has 0 aromatic heterocycles. The van der Waals surface area contributed by atoms with Crippen molar-refractivity contribution in [1.82, 2.24) is 0 Å². The van der Waals surface area contributed by atoms with Crippen molar-refractivity contribution in [3.63, 3.8) is 0 Å². The van der Waals surface area contributed by atoms with Crippen LogP contribution in [0.15, 0.2) is 29.2 Å². The van der Waals surface area contributed by atoms with Crippen molar-refractivity contribution < 1.29 is 54.0 Å². The lowest BCUT2D eigenvalue weighted by atomic mass is 10.0. The highest BCUT2D eigenvalue weighted by atomic mass is 32.3. The van der Waals surface area contributed by atoms with Gasteiger partial charge in [-0.05, 0) is 55.2 Å². The molecule has 38 heavy (non-hydrogen) atoms. The van der Waals surface area contributed by atoms with Crippen molar-refractivity contribution in [3.8, 4) is 28.7 Å². The van der Waals surface area contributed by atoms with Crippen LogP contribution in [0.4, 0.5) is 0 Å². The highest BCUT2D eigenvalue weighted by Gasteiger charge is 2.32. The number of rotatable bonds is 12. The van der Waals surface area contributed by atoms with Gasteiger partial charge in [0.1, 0.15) is 17.6 Å². The van der Waals surface area contributed by atoms with Gasteiger partial charge in [-0.1, -0.05) is 0 Å². The predicted octanol–water partition coefficient (Wildman–Crippen LogP) is 3.30. The first-order chi connectivity index (χ1) is 17.8. The standard InChI is InChI=1S/C24H32O12S2/c1-14(36-38(27,28)29)13-34-24-21(32-4)11-16(12-22(24)37(6,25)26)18-8-7-17(35-18)15-9-19(30-2)23(33-5)20(10-15)31-3/h9-12,14,17-18H,7-8,13H2,1-6H3,(H,27,28,29)/t14?,17-,18-/m1/s1. The Balaban J connectivity index is 1.92. The molecule has 3 rings (SSSR count). The lowest BCUT2D eigenvalue weighted by Gasteiger charge is -2.21. The van der Waals surface area contributed by atoms with E-state index < -0.39 is 32.4 Å². The SMILES string of the molecule is COc1cc([C@H]2CC[C@H](c3cc(OC)c(OCC(C)OS(=O)(=O)O)c(S(C)(=O)=O)c3)O2)cc(OC)c1OC. The Hall–Kier alpha value is -2.78. The quantitative estimate of drug-likeness (QED) is 0.369. The van der Waals surface area contributed by atoms with Crippen LogP contribution in [0.3, 0.4) is 0 Å². The minimum Gasteiger partial charge on any atom is -0.493 e. The summed E-state index contributed by atoms with van der Waals surface area (Å²) in [6.45, 7) is 0.964. The van der Waals surface area contributed by atoms with Crippen molar-refractivity contribution >= 4 is 20.2 Å². The molecule has 0 aliphatic carbocycles. The first kappa shape index (κ1) is 29.8. The summed E-state index contributed by atoms with van der Waals surface area (Å²) >= 11 is 0. The lowest BCUT2D eigenvalue weighted by molar-refractivity contribution is 0.0434. The Bertz CT molecular complexity index is 1330. The molecule has 1 saturated heterocycles. The molecule has 2 aromatic rings. The summed E-state index contributed by atoms with van der Waals surface area (Å²) in [5, 5.41) is 0. The lowest BCUT2D eigenvalue weighted by Crippen LogP contribution is -2.22. The molecule has 0 bridgehead atoms. The third kappa shape index (κ3) is 6.99. The van der Waals surface area contributed by atoms with Gasteiger partial charge >= 0.3 is 10.4 Å². The Morgan fingerprint density at radius 2 is 1.32 bits per heavy atom. The molecule has 0 radical (unpaired) electrons. The monoisotopic (exact) mass is 576 g/mol. The molecule has 212 valence electrons. The fourth-order valence-electron chi connectivity index (χ4n) is 4.20. The van der Waals surface area contributed by atoms with Gasteiger partial charge in [0.15, 0.2) is 32.8 Å². The average molecular weight is 577 g/mol. The van der Waals surface area contributed by atoms with Crippen LogP contribution in [0.25, 0.3) is 0 Å². The van der Waals surface area contributed by atoms with Gasteiger partial charge in [-0.3, -0.25) is 4.55 Å². The van der Waals surface area contributed by atoms with Crippen molar-refractivity contribution in [2.45, 2.75) is 43.0 Å². The molecule has 0 spiro atoms. The van der Waals surface area contributed by atoms with Crippen LogP contribution in [-0.2, 0) is 29.2 Å². The van der Waals surface area contributed by atoms with E-state index in [1.54, 1.807) is 6.07 Å². The van der Waals surface area contributed by atoms with Gasteiger partial charge in [0.2, 0.25) is 5.75 Å². The van der Waals surface area contributed by atoms with Crippen LogP contribution in [0.5, 0.6) is 28.7 Å². The van der Waals surface area contributed by atoms with Crippen LogP contribution >= 0.6 is 0 Å². The zero-order valence-corrected chi connectivity index (χ0v) is 23.6. The van der Waals surface area contributed by atoms with E-state index in [1.165, 1.54) is 41.4 Å². The van der Waals surface area contributed by atoms with E-state index in [4.69, 9.17) is 33.0 Å². The molecule has 14 heteroatoms. The molecule has 12 nitrogen and oxygen atoms in total. The summed E-state index contributed by atoms with van der Waals surface area (Å²) < 4.78 is 94.1. The van der Waals surface area contributed by atoms with E-state index in [1.807, 2.05) is 12.1 Å². The van der Waals surface area contributed by atoms with E-state index in [2.05, 4.69) is 4.18 Å². The predicted molar refractivity (Wildman–Crippen MR) is 136 cm³/mol. The second kappa shape index (κ2) is 11.9. The largest absolute Gasteiger partial charge is 0.493 e. The Labute approximate surface area is 222 Å². The van der Waals surface area contributed by atoms with E-state index >= 15 is 0 Å². The van der Waals surface area contributed by atoms with E-state index in [0.29, 0.717) is 35.7 Å². The maximum absolute atomic E-state index is 12.7. The van der Waals surface area contributed by atoms with E-state index in [-0.39, 0.29) is 29.1 Å². The minimum absolute atomic E-state index is 0.108. The fourth-order valence-corrected chi connectivity index (χ4v) is 5.52. The fraction of sp³-hybridized carbons (Fsp3) is 0.500. The zero-order valence-electron chi connectivity index (χ0n) is 21.9. The van der Waals surface area contributed by atoms with Gasteiger partial charge in [-0.15, -0.1) is 0 Å². The second-order valence-electron chi connectivity index (χ2n) is 8.62. The maximum atomic E-state index is 12.7. The molecule has 1 aliphatic heterocycles. The number of hydrogen-bond donors (Lipinski definition) is 1. The smallest absolute Gasteiger partial charge is 0.397 e. The van der Waals surface area contributed by atoms with Gasteiger partial charge in [0.05, 0.1) is 40.6 Å². The van der Waals surface area contributed by atoms with Crippen LogP contribution in [0.1, 0.15) is 43.1 Å². The highest BCUT2D eigenvalue weighted by molar-refractivity contribution is 7.90. The number of sulfone groups is 1. The third-order valence-electron chi connectivity index (χ3n) is 5.86. The normalized spacial score (nSPS) is 18.6. The van der Waals surface area contributed by atoms with Crippen molar-refractivity contribution in [3.05, 3.63) is 35.4 Å². The average Bonchev–Trinajstić information content (AvgIpc) is 3.34. The van der Waals surface area contributed by atoms with Crippen LogP contribution in [0, 0.1) is 0 Å². The van der Waals surface area contributed by atoms with Crippen LogP contribution in [0.2, 0.25) is 0 Å². The molecule has 2 aromatic carbocycles. The van der Waals surface area contributed by atoms with E-state index in [0.717, 1.165) is 11.8 Å². The second-order valence-corrected chi connectivity index (χ2v) is 11.6. The van der Waals surface area contributed by atoms with Crippen molar-refractivity contribution in [1.29, 1.82) is 0 Å². The number of hydrogen-bond acceptors (Lipinski definition) is 11. The molecule has 1 unspecified atom stereocenters. The topological polar surface area (TPSA) is 153 Å². The summed E-state index contributed by atoms with van der Waals surface area (Å²) in [7, 11) is -2.60. The third-order valence-corrected chi connectivity index (χ3v) is 7.53. The molecule has 1 aliphatic rings. The van der Waals surface area contributed by atoms with Crippen LogP contribution in [-0.4, -0.2) is 68.8 Å². The number of benzene rings is 2. The molecule has 1 heterocycles. The molecular formula is C24H32O12S2. The number of methoxy groups -OCH3 is 4. The highest BCUT2D eigenvalue weighted by Crippen LogP contribution is 2.47. The summed E-state index contributed by atoms with van der Waals surface area (Å²) in [4.78, 5) is -0.161. The summed E-state index contributed by atoms with van der Waals surface area (Å²) in [5.74, 6) is 1.44.